The number of nitrogens with zero attached hydrogens (tertiary/aromatic N) is 6. The van der Waals surface area contributed by atoms with Crippen LogP contribution in [0.1, 0.15) is 55.9 Å². The Bertz CT molecular complexity index is 1540. The molecule has 258 valence electrons. The number of carboxylic acids is 1. The van der Waals surface area contributed by atoms with Crippen molar-refractivity contribution < 1.29 is 43.7 Å². The Morgan fingerprint density at radius 2 is 1.75 bits per heavy atom. The molecule has 3 N–H and O–H groups in total. The van der Waals surface area contributed by atoms with Gasteiger partial charge < -0.3 is 39.9 Å². The average Bonchev–Trinajstić information content (AvgIpc) is 3.64. The summed E-state index contributed by atoms with van der Waals surface area (Å²) in [7, 11) is 1.77. The fraction of sp³-hybridized carbons (Fsp3) is 0.531. The number of para-hydroxylation sites is 1. The fourth-order valence-corrected chi connectivity index (χ4v) is 6.17. The van der Waals surface area contributed by atoms with Crippen molar-refractivity contribution in [3.63, 3.8) is 0 Å². The standard InChI is InChI=1S/C32H41N7O9/c1-20-18-36(32(46)47)15-16-37(20)30(44)23(12-13-28(41)42)33-29(43)24-17-27(39(34-24)22-7-4-3-5-8-22)48-19-26(40)38-14-6-9-25(38)31(45)35(2)21-10-11-21/h3-5,7-8,17,20-21,23,25H,6,9-16,18-19H2,1-2H3,(H,33,43)(H,41,42)(H,46,47)/t20-,23+,25+/m1/s1. The largest absolute Gasteiger partial charge is 0.481 e. The zero-order valence-electron chi connectivity index (χ0n) is 27.0. The molecule has 3 aliphatic rings. The number of rotatable bonds is 12. The molecule has 0 spiro atoms. The molecule has 5 amide bonds. The van der Waals surface area contributed by atoms with E-state index in [0.717, 1.165) is 12.8 Å². The highest BCUT2D eigenvalue weighted by Gasteiger charge is 2.40. The van der Waals surface area contributed by atoms with E-state index in [4.69, 9.17) is 4.74 Å². The molecule has 48 heavy (non-hydrogen) atoms. The quantitative estimate of drug-likeness (QED) is 0.294. The molecule has 3 fully saturated rings. The molecule has 1 saturated carbocycles. The molecule has 1 aromatic carbocycles. The van der Waals surface area contributed by atoms with Gasteiger partial charge in [0.05, 0.1) is 5.69 Å². The van der Waals surface area contributed by atoms with Crippen LogP contribution in [0.25, 0.3) is 5.69 Å². The van der Waals surface area contributed by atoms with Gasteiger partial charge >= 0.3 is 12.1 Å². The number of nitrogens with one attached hydrogen (secondary N) is 1. The minimum atomic E-state index is -1.22. The molecule has 5 rings (SSSR count). The third-order valence-corrected chi connectivity index (χ3v) is 8.99. The third kappa shape index (κ3) is 7.86. The van der Waals surface area contributed by atoms with Crippen molar-refractivity contribution in [2.45, 2.75) is 69.6 Å². The minimum absolute atomic E-state index is 0.0729. The van der Waals surface area contributed by atoms with Gasteiger partial charge in [-0.1, -0.05) is 18.2 Å². The third-order valence-electron chi connectivity index (χ3n) is 8.99. The molecule has 1 aromatic heterocycles. The van der Waals surface area contributed by atoms with Crippen LogP contribution in [0, 0.1) is 0 Å². The lowest BCUT2D eigenvalue weighted by Crippen LogP contribution is -2.59. The maximum absolute atomic E-state index is 13.6. The number of benzene rings is 1. The summed E-state index contributed by atoms with van der Waals surface area (Å²) in [6.07, 6.45) is 1.49. The van der Waals surface area contributed by atoms with E-state index in [-0.39, 0.29) is 55.5 Å². The van der Waals surface area contributed by atoms with Crippen LogP contribution in [0.2, 0.25) is 0 Å². The Labute approximate surface area is 277 Å². The molecule has 3 atom stereocenters. The smallest absolute Gasteiger partial charge is 0.407 e. The molecule has 2 aliphatic heterocycles. The Morgan fingerprint density at radius 1 is 1.02 bits per heavy atom. The zero-order chi connectivity index (χ0) is 34.5. The number of ether oxygens (including phenoxy) is 1. The predicted molar refractivity (Wildman–Crippen MR) is 168 cm³/mol. The number of aliphatic carboxylic acids is 1. The molecular weight excluding hydrogens is 626 g/mol. The number of hydrogen-bond donors (Lipinski definition) is 3. The van der Waals surface area contributed by atoms with Crippen molar-refractivity contribution >= 4 is 35.7 Å². The lowest BCUT2D eigenvalue weighted by atomic mass is 10.1. The first-order valence-electron chi connectivity index (χ1n) is 16.1. The second kappa shape index (κ2) is 14.7. The van der Waals surface area contributed by atoms with Gasteiger partial charge in [-0.25, -0.2) is 9.48 Å². The summed E-state index contributed by atoms with van der Waals surface area (Å²) in [5.41, 5.74) is 0.390. The second-order valence-corrected chi connectivity index (χ2v) is 12.4. The van der Waals surface area contributed by atoms with Gasteiger partial charge in [0.25, 0.3) is 11.8 Å². The molecule has 16 nitrogen and oxygen atoms in total. The monoisotopic (exact) mass is 667 g/mol. The highest BCUT2D eigenvalue weighted by atomic mass is 16.5. The lowest BCUT2D eigenvalue weighted by Gasteiger charge is -2.40. The lowest BCUT2D eigenvalue weighted by molar-refractivity contribution is -0.144. The molecule has 0 radical (unpaired) electrons. The number of aromatic nitrogens is 2. The normalized spacial score (nSPS) is 19.8. The Morgan fingerprint density at radius 3 is 2.40 bits per heavy atom. The van der Waals surface area contributed by atoms with Crippen LogP contribution in [0.3, 0.4) is 0 Å². The van der Waals surface area contributed by atoms with E-state index in [2.05, 4.69) is 10.4 Å². The van der Waals surface area contributed by atoms with Crippen LogP contribution in [0.5, 0.6) is 5.88 Å². The number of likely N-dealkylation sites (tertiary alicyclic amines) is 1. The van der Waals surface area contributed by atoms with Gasteiger partial charge in [0, 0.05) is 57.8 Å². The Balaban J connectivity index is 1.31. The summed E-state index contributed by atoms with van der Waals surface area (Å²) in [5.74, 6) is -2.84. The van der Waals surface area contributed by atoms with Crippen LogP contribution < -0.4 is 10.1 Å². The average molecular weight is 668 g/mol. The van der Waals surface area contributed by atoms with Crippen molar-refractivity contribution in [3.05, 3.63) is 42.1 Å². The molecular formula is C32H41N7O9. The van der Waals surface area contributed by atoms with E-state index in [9.17, 15) is 39.0 Å². The first kappa shape index (κ1) is 34.2. The zero-order valence-corrected chi connectivity index (χ0v) is 27.0. The summed E-state index contributed by atoms with van der Waals surface area (Å²) in [5, 5.41) is 25.6. The fourth-order valence-electron chi connectivity index (χ4n) is 6.17. The number of amides is 5. The van der Waals surface area contributed by atoms with Crippen molar-refractivity contribution in [1.29, 1.82) is 0 Å². The molecule has 2 saturated heterocycles. The van der Waals surface area contributed by atoms with E-state index < -0.39 is 55.0 Å². The maximum atomic E-state index is 13.6. The molecule has 1 aliphatic carbocycles. The molecule has 16 heteroatoms. The highest BCUT2D eigenvalue weighted by Crippen LogP contribution is 2.29. The Kier molecular flexibility index (Phi) is 10.5. The van der Waals surface area contributed by atoms with Gasteiger partial charge in [-0.2, -0.15) is 5.10 Å². The van der Waals surface area contributed by atoms with Crippen molar-refractivity contribution in [1.82, 2.24) is 34.7 Å². The topological polar surface area (TPSA) is 195 Å². The second-order valence-electron chi connectivity index (χ2n) is 12.4. The van der Waals surface area contributed by atoms with E-state index in [1.54, 1.807) is 49.2 Å². The SMILES string of the molecule is C[C@@H]1CN(C(=O)O)CCN1C(=O)[C@H](CCC(=O)O)NC(=O)c1cc(OCC(=O)N2CCC[C@H]2C(=O)N(C)C2CC2)n(-c2ccccc2)n1. The van der Waals surface area contributed by atoms with E-state index in [1.807, 2.05) is 0 Å². The minimum Gasteiger partial charge on any atom is -0.481 e. The number of carbonyl (C=O) groups is 6. The van der Waals surface area contributed by atoms with Gasteiger partial charge in [0.2, 0.25) is 17.7 Å². The summed E-state index contributed by atoms with van der Waals surface area (Å²) in [6, 6.07) is 8.04. The van der Waals surface area contributed by atoms with E-state index >= 15 is 0 Å². The highest BCUT2D eigenvalue weighted by molar-refractivity contribution is 5.96. The van der Waals surface area contributed by atoms with Crippen LogP contribution in [-0.4, -0.2) is 139 Å². The van der Waals surface area contributed by atoms with Crippen LogP contribution in [0.15, 0.2) is 36.4 Å². The van der Waals surface area contributed by atoms with Crippen molar-refractivity contribution in [3.8, 4) is 11.6 Å². The number of carboxylic acid groups (broad SMARTS) is 2. The number of likely N-dealkylation sites (N-methyl/N-ethyl adjacent to an activating group) is 1. The summed E-state index contributed by atoms with van der Waals surface area (Å²) in [4.78, 5) is 82.1. The van der Waals surface area contributed by atoms with Crippen LogP contribution in [0.4, 0.5) is 4.79 Å². The Hall–Kier alpha value is -5.15. The van der Waals surface area contributed by atoms with E-state index in [1.165, 1.54) is 25.4 Å². The summed E-state index contributed by atoms with van der Waals surface area (Å²) >= 11 is 0. The summed E-state index contributed by atoms with van der Waals surface area (Å²) in [6.45, 7) is 1.94. The summed E-state index contributed by atoms with van der Waals surface area (Å²) < 4.78 is 7.26. The first-order valence-corrected chi connectivity index (χ1v) is 16.1. The molecule has 2 aromatic rings. The predicted octanol–water partition coefficient (Wildman–Crippen LogP) is 1.04. The first-order chi connectivity index (χ1) is 22.9. The van der Waals surface area contributed by atoms with Crippen LogP contribution >= 0.6 is 0 Å². The van der Waals surface area contributed by atoms with Gasteiger partial charge in [0.15, 0.2) is 12.3 Å². The van der Waals surface area contributed by atoms with Gasteiger partial charge in [-0.3, -0.25) is 24.0 Å². The van der Waals surface area contributed by atoms with Gasteiger partial charge in [-0.15, -0.1) is 0 Å². The molecule has 0 bridgehead atoms. The number of carbonyl (C=O) groups excluding carboxylic acids is 4. The van der Waals surface area contributed by atoms with Crippen molar-refractivity contribution in [2.24, 2.45) is 0 Å². The number of hydrogen-bond acceptors (Lipinski definition) is 8. The number of piperazine rings is 1. The van der Waals surface area contributed by atoms with Crippen LogP contribution in [-0.2, 0) is 19.2 Å². The van der Waals surface area contributed by atoms with Gasteiger partial charge in [-0.05, 0) is 51.2 Å². The molecule has 0 unspecified atom stereocenters. The maximum Gasteiger partial charge on any atom is 0.407 e. The molecule has 3 heterocycles. The van der Waals surface area contributed by atoms with Crippen molar-refractivity contribution in [2.75, 3.05) is 39.8 Å². The van der Waals surface area contributed by atoms with Gasteiger partial charge in [0.1, 0.15) is 12.1 Å². The van der Waals surface area contributed by atoms with E-state index in [0.29, 0.717) is 25.1 Å².